The van der Waals surface area contributed by atoms with Gasteiger partial charge in [0, 0.05) is 11.3 Å². The molecule has 0 atom stereocenters. The van der Waals surface area contributed by atoms with Crippen LogP contribution in [0.1, 0.15) is 5.56 Å². The Kier molecular flexibility index (Phi) is 3.09. The second kappa shape index (κ2) is 4.93. The fraction of sp³-hybridized carbons (Fsp3) is 0.0714. The smallest absolute Gasteiger partial charge is 0.189 e. The van der Waals surface area contributed by atoms with Crippen molar-refractivity contribution in [1.29, 1.82) is 0 Å². The van der Waals surface area contributed by atoms with E-state index in [1.165, 1.54) is 35.0 Å². The highest BCUT2D eigenvalue weighted by Crippen LogP contribution is 2.27. The van der Waals surface area contributed by atoms with Crippen molar-refractivity contribution < 1.29 is 8.78 Å². The predicted molar refractivity (Wildman–Crippen MR) is 73.7 cm³/mol. The molecule has 2 aromatic carbocycles. The minimum Gasteiger partial charge on any atom is -0.398 e. The fourth-order valence-electron chi connectivity index (χ4n) is 2.10. The van der Waals surface area contributed by atoms with E-state index in [2.05, 4.69) is 15.5 Å². The van der Waals surface area contributed by atoms with E-state index >= 15 is 0 Å². The third-order valence-electron chi connectivity index (χ3n) is 3.11. The Bertz CT molecular complexity index is 813. The molecule has 3 rings (SSSR count). The van der Waals surface area contributed by atoms with Gasteiger partial charge in [0.2, 0.25) is 0 Å². The Hall–Kier alpha value is -2.83. The van der Waals surface area contributed by atoms with Gasteiger partial charge in [-0.1, -0.05) is 0 Å². The maximum atomic E-state index is 13.4. The van der Waals surface area contributed by atoms with Crippen LogP contribution in [0.2, 0.25) is 0 Å². The summed E-state index contributed by atoms with van der Waals surface area (Å²) in [5.41, 5.74) is 7.84. The number of aryl methyl sites for hydroxylation is 1. The van der Waals surface area contributed by atoms with Gasteiger partial charge in [0.15, 0.2) is 5.82 Å². The number of nitrogens with zero attached hydrogens (tertiary/aromatic N) is 4. The van der Waals surface area contributed by atoms with Crippen LogP contribution in [0.25, 0.3) is 17.1 Å². The SMILES string of the molecule is Cc1cc(F)ccc1-n1nnnc1-c1cc(F)ccc1N. The summed E-state index contributed by atoms with van der Waals surface area (Å²) in [4.78, 5) is 0. The second-order valence-corrected chi connectivity index (χ2v) is 4.58. The molecule has 3 aromatic rings. The quantitative estimate of drug-likeness (QED) is 0.735. The van der Waals surface area contributed by atoms with E-state index in [-0.39, 0.29) is 5.82 Å². The van der Waals surface area contributed by atoms with Crippen LogP contribution in [0.4, 0.5) is 14.5 Å². The number of nitrogen functional groups attached to an aromatic ring is 1. The molecule has 0 aliphatic carbocycles. The number of rotatable bonds is 2. The van der Waals surface area contributed by atoms with Crippen LogP contribution in [-0.2, 0) is 0 Å². The van der Waals surface area contributed by atoms with Gasteiger partial charge >= 0.3 is 0 Å². The van der Waals surface area contributed by atoms with E-state index < -0.39 is 5.82 Å². The Morgan fingerprint density at radius 2 is 1.76 bits per heavy atom. The number of hydrogen-bond acceptors (Lipinski definition) is 4. The summed E-state index contributed by atoms with van der Waals surface area (Å²) in [5, 5.41) is 11.4. The first-order chi connectivity index (χ1) is 10.1. The summed E-state index contributed by atoms with van der Waals surface area (Å²) in [6.07, 6.45) is 0. The summed E-state index contributed by atoms with van der Waals surface area (Å²) < 4.78 is 28.0. The van der Waals surface area contributed by atoms with Crippen molar-refractivity contribution in [2.45, 2.75) is 6.92 Å². The monoisotopic (exact) mass is 287 g/mol. The molecule has 0 amide bonds. The highest BCUT2D eigenvalue weighted by molar-refractivity contribution is 5.72. The Morgan fingerprint density at radius 3 is 2.52 bits per heavy atom. The van der Waals surface area contributed by atoms with E-state index in [1.807, 2.05) is 0 Å². The zero-order valence-electron chi connectivity index (χ0n) is 11.1. The lowest BCUT2D eigenvalue weighted by Gasteiger charge is -2.09. The minimum absolute atomic E-state index is 0.293. The molecule has 1 aromatic heterocycles. The molecule has 106 valence electrons. The second-order valence-electron chi connectivity index (χ2n) is 4.58. The molecule has 0 unspecified atom stereocenters. The van der Waals surface area contributed by atoms with Crippen LogP contribution in [0.15, 0.2) is 36.4 Å². The van der Waals surface area contributed by atoms with Gasteiger partial charge in [-0.05, 0) is 59.3 Å². The molecule has 0 saturated carbocycles. The average Bonchev–Trinajstić information content (AvgIpc) is 2.90. The van der Waals surface area contributed by atoms with Crippen molar-refractivity contribution >= 4 is 5.69 Å². The van der Waals surface area contributed by atoms with Crippen LogP contribution in [0.3, 0.4) is 0 Å². The van der Waals surface area contributed by atoms with Crippen LogP contribution < -0.4 is 5.73 Å². The molecule has 0 fully saturated rings. The summed E-state index contributed by atoms with van der Waals surface area (Å²) >= 11 is 0. The fourth-order valence-corrected chi connectivity index (χ4v) is 2.10. The lowest BCUT2D eigenvalue weighted by Crippen LogP contribution is -2.04. The first kappa shape index (κ1) is 13.2. The highest BCUT2D eigenvalue weighted by Gasteiger charge is 2.15. The Labute approximate surface area is 119 Å². The number of tetrazole rings is 1. The first-order valence-corrected chi connectivity index (χ1v) is 6.16. The van der Waals surface area contributed by atoms with E-state index in [0.29, 0.717) is 28.3 Å². The van der Waals surface area contributed by atoms with Crippen LogP contribution in [0.5, 0.6) is 0 Å². The van der Waals surface area contributed by atoms with Gasteiger partial charge < -0.3 is 5.73 Å². The van der Waals surface area contributed by atoms with Crippen molar-refractivity contribution in [3.8, 4) is 17.1 Å². The standard InChI is InChI=1S/C14H11F2N5/c1-8-6-9(15)3-5-13(8)21-14(18-19-20-21)11-7-10(16)2-4-12(11)17/h2-7H,17H2,1H3. The summed E-state index contributed by atoms with van der Waals surface area (Å²) in [5.74, 6) is -0.498. The normalized spacial score (nSPS) is 10.8. The van der Waals surface area contributed by atoms with Gasteiger partial charge in [0.1, 0.15) is 11.6 Å². The Balaban J connectivity index is 2.19. The summed E-state index contributed by atoms with van der Waals surface area (Å²) in [7, 11) is 0. The lowest BCUT2D eigenvalue weighted by molar-refractivity contribution is 0.625. The third-order valence-corrected chi connectivity index (χ3v) is 3.11. The molecule has 2 N–H and O–H groups in total. The lowest BCUT2D eigenvalue weighted by atomic mass is 10.1. The van der Waals surface area contributed by atoms with E-state index in [0.717, 1.165) is 0 Å². The van der Waals surface area contributed by atoms with Crippen molar-refractivity contribution in [1.82, 2.24) is 20.2 Å². The van der Waals surface area contributed by atoms with Gasteiger partial charge in [-0.3, -0.25) is 0 Å². The number of benzene rings is 2. The number of anilines is 1. The van der Waals surface area contributed by atoms with Gasteiger partial charge in [0.05, 0.1) is 5.69 Å². The predicted octanol–water partition coefficient (Wildman–Crippen LogP) is 2.50. The van der Waals surface area contributed by atoms with Crippen molar-refractivity contribution in [2.75, 3.05) is 5.73 Å². The maximum absolute atomic E-state index is 13.4. The molecule has 0 aliphatic heterocycles. The molecule has 21 heavy (non-hydrogen) atoms. The van der Waals surface area contributed by atoms with E-state index in [1.54, 1.807) is 13.0 Å². The first-order valence-electron chi connectivity index (χ1n) is 6.16. The minimum atomic E-state index is -0.440. The van der Waals surface area contributed by atoms with Crippen LogP contribution in [-0.4, -0.2) is 20.2 Å². The average molecular weight is 287 g/mol. The zero-order chi connectivity index (χ0) is 15.0. The molecular weight excluding hydrogens is 276 g/mol. The van der Waals surface area contributed by atoms with Gasteiger partial charge in [-0.25, -0.2) is 8.78 Å². The molecule has 0 radical (unpaired) electrons. The molecule has 0 bridgehead atoms. The molecule has 0 aliphatic rings. The van der Waals surface area contributed by atoms with Gasteiger partial charge in [0.25, 0.3) is 0 Å². The topological polar surface area (TPSA) is 69.6 Å². The molecule has 1 heterocycles. The Morgan fingerprint density at radius 1 is 1.05 bits per heavy atom. The highest BCUT2D eigenvalue weighted by atomic mass is 19.1. The number of hydrogen-bond donors (Lipinski definition) is 1. The maximum Gasteiger partial charge on any atom is 0.189 e. The molecule has 0 saturated heterocycles. The number of aromatic nitrogens is 4. The largest absolute Gasteiger partial charge is 0.398 e. The number of halogens is 2. The van der Waals surface area contributed by atoms with Crippen molar-refractivity contribution in [2.24, 2.45) is 0 Å². The summed E-state index contributed by atoms with van der Waals surface area (Å²) in [6, 6.07) is 8.20. The molecule has 5 nitrogen and oxygen atoms in total. The zero-order valence-corrected chi connectivity index (χ0v) is 11.1. The van der Waals surface area contributed by atoms with Crippen LogP contribution in [0, 0.1) is 18.6 Å². The van der Waals surface area contributed by atoms with Gasteiger partial charge in [-0.2, -0.15) is 4.68 Å². The van der Waals surface area contributed by atoms with Crippen molar-refractivity contribution in [3.63, 3.8) is 0 Å². The van der Waals surface area contributed by atoms with Crippen LogP contribution >= 0.6 is 0 Å². The third kappa shape index (κ3) is 2.33. The molecule has 0 spiro atoms. The van der Waals surface area contributed by atoms with E-state index in [4.69, 9.17) is 5.73 Å². The number of nitrogens with two attached hydrogens (primary N) is 1. The molecular formula is C14H11F2N5. The van der Waals surface area contributed by atoms with Crippen molar-refractivity contribution in [3.05, 3.63) is 53.6 Å². The summed E-state index contributed by atoms with van der Waals surface area (Å²) in [6.45, 7) is 1.73. The van der Waals surface area contributed by atoms with E-state index in [9.17, 15) is 8.78 Å². The van der Waals surface area contributed by atoms with Gasteiger partial charge in [-0.15, -0.1) is 5.10 Å². The molecule has 7 heteroatoms.